The summed E-state index contributed by atoms with van der Waals surface area (Å²) in [5.74, 6) is -0.336. The number of hydrogen-bond acceptors (Lipinski definition) is 5. The molecule has 3 heterocycles. The molecule has 2 aromatic carbocycles. The Labute approximate surface area is 226 Å². The number of carbonyl (C=O) groups is 2. The van der Waals surface area contributed by atoms with Crippen LogP contribution in [-0.2, 0) is 11.3 Å². The van der Waals surface area contributed by atoms with Crippen molar-refractivity contribution in [3.05, 3.63) is 93.9 Å². The normalized spacial score (nSPS) is 14.4. The van der Waals surface area contributed by atoms with Gasteiger partial charge >= 0.3 is 6.09 Å². The Balaban J connectivity index is 1.49. The monoisotopic (exact) mass is 527 g/mol. The van der Waals surface area contributed by atoms with Crippen LogP contribution in [0.3, 0.4) is 0 Å². The topological polar surface area (TPSA) is 109 Å². The van der Waals surface area contributed by atoms with Crippen LogP contribution in [-0.4, -0.2) is 50.2 Å². The summed E-state index contributed by atoms with van der Waals surface area (Å²) in [5, 5.41) is 7.84. The highest BCUT2D eigenvalue weighted by molar-refractivity contribution is 6.05. The first-order chi connectivity index (χ1) is 18.7. The maximum absolute atomic E-state index is 13.6. The highest BCUT2D eigenvalue weighted by atomic mass is 16.6. The van der Waals surface area contributed by atoms with Gasteiger partial charge in [0.25, 0.3) is 11.5 Å². The van der Waals surface area contributed by atoms with E-state index in [1.165, 1.54) is 0 Å². The zero-order chi connectivity index (χ0) is 27.6. The quantitative estimate of drug-likeness (QED) is 0.390. The maximum Gasteiger partial charge on any atom is 0.410 e. The summed E-state index contributed by atoms with van der Waals surface area (Å²) in [5.41, 5.74) is 2.77. The lowest BCUT2D eigenvalue weighted by Crippen LogP contribution is -2.41. The molecule has 1 fully saturated rings. The number of nitrogens with zero attached hydrogens (tertiary/aromatic N) is 3. The Morgan fingerprint density at radius 1 is 1.03 bits per heavy atom. The fraction of sp³-hybridized carbons (Fsp3) is 0.333. The summed E-state index contributed by atoms with van der Waals surface area (Å²) >= 11 is 0. The molecule has 39 heavy (non-hydrogen) atoms. The minimum atomic E-state index is -0.562. The molecule has 2 N–H and O–H groups in total. The van der Waals surface area contributed by atoms with Crippen molar-refractivity contribution in [2.24, 2.45) is 0 Å². The average molecular weight is 528 g/mol. The van der Waals surface area contributed by atoms with Gasteiger partial charge in [-0.05, 0) is 39.2 Å². The Hall–Kier alpha value is -4.40. The van der Waals surface area contributed by atoms with E-state index in [-0.39, 0.29) is 23.5 Å². The number of aromatic nitrogens is 3. The van der Waals surface area contributed by atoms with Crippen LogP contribution in [0.15, 0.2) is 71.5 Å². The number of fused-ring (bicyclic) bond motifs is 1. The summed E-state index contributed by atoms with van der Waals surface area (Å²) in [4.78, 5) is 43.6. The summed E-state index contributed by atoms with van der Waals surface area (Å²) in [7, 11) is 0. The molecular formula is C30H33N5O4. The number of H-pyrrole nitrogens is 1. The molecule has 2 amide bonds. The zero-order valence-corrected chi connectivity index (χ0v) is 22.4. The van der Waals surface area contributed by atoms with E-state index >= 15 is 0 Å². The number of carbonyl (C=O) groups excluding carboxylic acids is 2. The van der Waals surface area contributed by atoms with Crippen molar-refractivity contribution >= 4 is 17.6 Å². The molecule has 0 atom stereocenters. The Morgan fingerprint density at radius 2 is 1.67 bits per heavy atom. The van der Waals surface area contributed by atoms with Crippen LogP contribution >= 0.6 is 0 Å². The Bertz CT molecular complexity index is 1530. The second-order valence-electron chi connectivity index (χ2n) is 10.8. The summed E-state index contributed by atoms with van der Waals surface area (Å²) in [6.45, 7) is 6.90. The van der Waals surface area contributed by atoms with E-state index in [2.05, 4.69) is 10.3 Å². The molecule has 4 aromatic rings. The molecule has 1 saturated heterocycles. The number of piperidine rings is 1. The van der Waals surface area contributed by atoms with Crippen LogP contribution in [0, 0.1) is 0 Å². The SMILES string of the molecule is CC(C)(C)OC(=O)N1CCC(c2cc(=O)[nH]c3c(C(=O)NCc4ccccc4)c(-c4ccccc4)nn23)CC1. The third kappa shape index (κ3) is 5.87. The minimum Gasteiger partial charge on any atom is -0.444 e. The number of hydrogen-bond donors (Lipinski definition) is 2. The molecule has 0 bridgehead atoms. The maximum atomic E-state index is 13.6. The van der Waals surface area contributed by atoms with Gasteiger partial charge in [-0.2, -0.15) is 5.10 Å². The van der Waals surface area contributed by atoms with Crippen molar-refractivity contribution in [1.82, 2.24) is 24.8 Å². The fourth-order valence-corrected chi connectivity index (χ4v) is 4.92. The van der Waals surface area contributed by atoms with Crippen LogP contribution in [0.2, 0.25) is 0 Å². The molecule has 0 spiro atoms. The standard InChI is InChI=1S/C30H33N5O4/c1-30(2,3)39-29(38)34-16-14-21(15-17-34)23-18-24(36)32-27-25(28(37)31-19-20-10-6-4-7-11-20)26(33-35(23)27)22-12-8-5-9-13-22/h4-13,18,21H,14-17,19H2,1-3H3,(H,31,37)(H,32,36). The van der Waals surface area contributed by atoms with E-state index in [0.717, 1.165) is 16.8 Å². The van der Waals surface area contributed by atoms with Crippen LogP contribution < -0.4 is 10.9 Å². The van der Waals surface area contributed by atoms with Gasteiger partial charge in [-0.3, -0.25) is 9.59 Å². The number of ether oxygens (including phenoxy) is 1. The van der Waals surface area contributed by atoms with Gasteiger partial charge in [-0.25, -0.2) is 9.31 Å². The van der Waals surface area contributed by atoms with Gasteiger partial charge in [0.1, 0.15) is 22.5 Å². The highest BCUT2D eigenvalue weighted by Gasteiger charge is 2.30. The Kier molecular flexibility index (Phi) is 7.24. The van der Waals surface area contributed by atoms with Crippen molar-refractivity contribution in [2.45, 2.75) is 51.7 Å². The number of likely N-dealkylation sites (tertiary alicyclic amines) is 1. The lowest BCUT2D eigenvalue weighted by molar-refractivity contribution is 0.0203. The molecule has 9 heteroatoms. The largest absolute Gasteiger partial charge is 0.444 e. The molecule has 202 valence electrons. The molecule has 0 aliphatic carbocycles. The molecule has 9 nitrogen and oxygen atoms in total. The summed E-state index contributed by atoms with van der Waals surface area (Å²) in [6.07, 6.45) is 0.960. The summed E-state index contributed by atoms with van der Waals surface area (Å²) in [6, 6.07) is 20.7. The Morgan fingerprint density at radius 3 is 2.31 bits per heavy atom. The lowest BCUT2D eigenvalue weighted by Gasteiger charge is -2.33. The first-order valence-corrected chi connectivity index (χ1v) is 13.2. The van der Waals surface area contributed by atoms with Crippen LogP contribution in [0.1, 0.15) is 61.1 Å². The molecular weight excluding hydrogens is 494 g/mol. The van der Waals surface area contributed by atoms with E-state index in [4.69, 9.17) is 9.84 Å². The van der Waals surface area contributed by atoms with Crippen LogP contribution in [0.25, 0.3) is 16.9 Å². The zero-order valence-electron chi connectivity index (χ0n) is 22.4. The van der Waals surface area contributed by atoms with Gasteiger partial charge in [0, 0.05) is 37.2 Å². The molecule has 0 radical (unpaired) electrons. The number of benzene rings is 2. The summed E-state index contributed by atoms with van der Waals surface area (Å²) < 4.78 is 7.22. The van der Waals surface area contributed by atoms with Crippen LogP contribution in [0.5, 0.6) is 0 Å². The predicted molar refractivity (Wildman–Crippen MR) is 149 cm³/mol. The fourth-order valence-electron chi connectivity index (χ4n) is 4.92. The lowest BCUT2D eigenvalue weighted by atomic mass is 9.93. The first kappa shape index (κ1) is 26.2. The minimum absolute atomic E-state index is 0.0164. The van der Waals surface area contributed by atoms with Crippen LogP contribution in [0.4, 0.5) is 4.79 Å². The third-order valence-corrected chi connectivity index (χ3v) is 6.79. The number of amides is 2. The van der Waals surface area contributed by atoms with E-state index in [9.17, 15) is 14.4 Å². The molecule has 1 aliphatic heterocycles. The van der Waals surface area contributed by atoms with Crippen molar-refractivity contribution in [3.8, 4) is 11.3 Å². The first-order valence-electron chi connectivity index (χ1n) is 13.2. The second kappa shape index (κ2) is 10.8. The molecule has 1 aliphatic rings. The van der Waals surface area contributed by atoms with Gasteiger partial charge in [0.2, 0.25) is 0 Å². The third-order valence-electron chi connectivity index (χ3n) is 6.79. The van der Waals surface area contributed by atoms with Gasteiger partial charge in [-0.15, -0.1) is 0 Å². The highest BCUT2D eigenvalue weighted by Crippen LogP contribution is 2.31. The van der Waals surface area contributed by atoms with Crippen molar-refractivity contribution in [1.29, 1.82) is 0 Å². The predicted octanol–water partition coefficient (Wildman–Crippen LogP) is 4.73. The van der Waals surface area contributed by atoms with E-state index in [1.807, 2.05) is 81.4 Å². The number of rotatable bonds is 5. The molecule has 5 rings (SSSR count). The van der Waals surface area contributed by atoms with Crippen molar-refractivity contribution in [3.63, 3.8) is 0 Å². The van der Waals surface area contributed by atoms with Gasteiger partial charge in [0.15, 0.2) is 0 Å². The second-order valence-corrected chi connectivity index (χ2v) is 10.8. The average Bonchev–Trinajstić information content (AvgIpc) is 3.31. The smallest absolute Gasteiger partial charge is 0.410 e. The van der Waals surface area contributed by atoms with Crippen molar-refractivity contribution in [2.75, 3.05) is 13.1 Å². The van der Waals surface area contributed by atoms with Crippen molar-refractivity contribution < 1.29 is 14.3 Å². The van der Waals surface area contributed by atoms with Gasteiger partial charge in [0.05, 0.1) is 5.69 Å². The molecule has 0 saturated carbocycles. The molecule has 2 aromatic heterocycles. The van der Waals surface area contributed by atoms with E-state index in [0.29, 0.717) is 49.4 Å². The van der Waals surface area contributed by atoms with Gasteiger partial charge < -0.3 is 19.9 Å². The molecule has 0 unspecified atom stereocenters. The van der Waals surface area contributed by atoms with Gasteiger partial charge in [-0.1, -0.05) is 60.7 Å². The number of nitrogens with one attached hydrogen (secondary N) is 2. The van der Waals surface area contributed by atoms with E-state index in [1.54, 1.807) is 15.5 Å². The van der Waals surface area contributed by atoms with E-state index < -0.39 is 5.60 Å². The number of aromatic amines is 1.